The molecule has 0 unspecified atom stereocenters. The van der Waals surface area contributed by atoms with Crippen LogP contribution in [0.3, 0.4) is 0 Å². The maximum atomic E-state index is 13.2. The Morgan fingerprint density at radius 1 is 0.758 bits per heavy atom. The van der Waals surface area contributed by atoms with Gasteiger partial charge in [-0.3, -0.25) is 4.79 Å². The van der Waals surface area contributed by atoms with Crippen molar-refractivity contribution >= 4 is 28.3 Å². The number of hydrogen-bond acceptors (Lipinski definition) is 5. The van der Waals surface area contributed by atoms with Gasteiger partial charge in [-0.15, -0.1) is 0 Å². The van der Waals surface area contributed by atoms with Crippen molar-refractivity contribution in [2.24, 2.45) is 0 Å². The highest BCUT2D eigenvalue weighted by atomic mass is 16.6. The molecule has 0 heterocycles. The molecule has 0 saturated carbocycles. The fraction of sp³-hybridized carbons (Fsp3) is 0.111. The van der Waals surface area contributed by atoms with Gasteiger partial charge in [-0.1, -0.05) is 60.7 Å². The van der Waals surface area contributed by atoms with Crippen molar-refractivity contribution in [3.63, 3.8) is 0 Å². The van der Waals surface area contributed by atoms with E-state index in [1.807, 2.05) is 30.3 Å². The van der Waals surface area contributed by atoms with Crippen LogP contribution in [0.25, 0.3) is 10.8 Å². The number of ether oxygens (including phenoxy) is 3. The standard InChI is InChI=1S/C27H23NO5/c1-31-22-14-8-13-21(17-22)28-26(29)25(18-9-4-3-5-10-18)33-27(30)23-15-19-11-6-7-12-20(19)16-24(23)32-2/h3-17,25H,1-2H3,(H,28,29)/t25-/m0/s1. The smallest absolute Gasteiger partial charge is 0.343 e. The Morgan fingerprint density at radius 3 is 2.15 bits per heavy atom. The highest BCUT2D eigenvalue weighted by molar-refractivity contribution is 6.01. The summed E-state index contributed by atoms with van der Waals surface area (Å²) in [6, 6.07) is 26.9. The summed E-state index contributed by atoms with van der Waals surface area (Å²) in [5.41, 5.74) is 1.32. The molecule has 4 aromatic rings. The van der Waals surface area contributed by atoms with E-state index in [-0.39, 0.29) is 5.56 Å². The molecule has 4 rings (SSSR count). The lowest BCUT2D eigenvalue weighted by atomic mass is 10.1. The van der Waals surface area contributed by atoms with Gasteiger partial charge in [0.1, 0.15) is 17.1 Å². The van der Waals surface area contributed by atoms with E-state index >= 15 is 0 Å². The third kappa shape index (κ3) is 4.96. The summed E-state index contributed by atoms with van der Waals surface area (Å²) >= 11 is 0. The Labute approximate surface area is 191 Å². The molecule has 0 spiro atoms. The molecule has 1 amide bonds. The number of hydrogen-bond donors (Lipinski definition) is 1. The van der Waals surface area contributed by atoms with Crippen molar-refractivity contribution < 1.29 is 23.8 Å². The quantitative estimate of drug-likeness (QED) is 0.389. The van der Waals surface area contributed by atoms with Crippen LogP contribution in [0.2, 0.25) is 0 Å². The maximum Gasteiger partial charge on any atom is 0.343 e. The SMILES string of the molecule is COc1cccc(NC(=O)[C@@H](OC(=O)c2cc3ccccc3cc2OC)c2ccccc2)c1. The monoisotopic (exact) mass is 441 g/mol. The molecule has 1 N–H and O–H groups in total. The lowest BCUT2D eigenvalue weighted by molar-refractivity contribution is -0.125. The zero-order valence-electron chi connectivity index (χ0n) is 18.3. The highest BCUT2D eigenvalue weighted by Gasteiger charge is 2.27. The van der Waals surface area contributed by atoms with Crippen LogP contribution in [-0.2, 0) is 9.53 Å². The minimum absolute atomic E-state index is 0.242. The second-order valence-corrected chi connectivity index (χ2v) is 7.32. The number of esters is 1. The molecule has 0 radical (unpaired) electrons. The van der Waals surface area contributed by atoms with Crippen LogP contribution >= 0.6 is 0 Å². The predicted octanol–water partition coefficient (Wildman–Crippen LogP) is 5.39. The van der Waals surface area contributed by atoms with E-state index in [2.05, 4.69) is 5.32 Å². The first kappa shape index (κ1) is 21.9. The molecule has 0 aliphatic heterocycles. The average Bonchev–Trinajstić information content (AvgIpc) is 2.86. The Hall–Kier alpha value is -4.32. The van der Waals surface area contributed by atoms with Gasteiger partial charge in [-0.25, -0.2) is 4.79 Å². The zero-order chi connectivity index (χ0) is 23.2. The van der Waals surface area contributed by atoms with Crippen LogP contribution in [0.1, 0.15) is 22.0 Å². The average molecular weight is 441 g/mol. The largest absolute Gasteiger partial charge is 0.497 e. The summed E-state index contributed by atoms with van der Waals surface area (Å²) in [5, 5.41) is 4.60. The van der Waals surface area contributed by atoms with Crippen molar-refractivity contribution in [3.8, 4) is 11.5 Å². The van der Waals surface area contributed by atoms with Gasteiger partial charge in [0, 0.05) is 17.3 Å². The molecule has 0 aliphatic carbocycles. The minimum Gasteiger partial charge on any atom is -0.497 e. The predicted molar refractivity (Wildman–Crippen MR) is 127 cm³/mol. The van der Waals surface area contributed by atoms with Gasteiger partial charge in [0.25, 0.3) is 5.91 Å². The lowest BCUT2D eigenvalue weighted by Crippen LogP contribution is -2.26. The number of benzene rings is 4. The maximum absolute atomic E-state index is 13.2. The van der Waals surface area contributed by atoms with Crippen LogP contribution in [0.5, 0.6) is 11.5 Å². The summed E-state index contributed by atoms with van der Waals surface area (Å²) in [5.74, 6) is -0.171. The van der Waals surface area contributed by atoms with Gasteiger partial charge in [0.15, 0.2) is 0 Å². The highest BCUT2D eigenvalue weighted by Crippen LogP contribution is 2.29. The van der Waals surface area contributed by atoms with Crippen LogP contribution in [0.4, 0.5) is 5.69 Å². The first-order valence-electron chi connectivity index (χ1n) is 10.4. The Balaban J connectivity index is 1.65. The molecule has 0 saturated heterocycles. The topological polar surface area (TPSA) is 73.9 Å². The van der Waals surface area contributed by atoms with Crippen molar-refractivity contribution in [3.05, 3.63) is 102 Å². The first-order chi connectivity index (χ1) is 16.1. The summed E-state index contributed by atoms with van der Waals surface area (Å²) in [6.45, 7) is 0. The fourth-order valence-corrected chi connectivity index (χ4v) is 3.53. The van der Waals surface area contributed by atoms with Gasteiger partial charge in [0.2, 0.25) is 6.10 Å². The van der Waals surface area contributed by atoms with Gasteiger partial charge >= 0.3 is 5.97 Å². The third-order valence-corrected chi connectivity index (χ3v) is 5.19. The molecule has 0 bridgehead atoms. The molecule has 4 aromatic carbocycles. The van der Waals surface area contributed by atoms with E-state index in [4.69, 9.17) is 14.2 Å². The Morgan fingerprint density at radius 2 is 1.45 bits per heavy atom. The number of rotatable bonds is 7. The Bertz CT molecular complexity index is 1290. The molecule has 6 nitrogen and oxygen atoms in total. The molecule has 33 heavy (non-hydrogen) atoms. The van der Waals surface area contributed by atoms with Crippen molar-refractivity contribution in [1.82, 2.24) is 0 Å². The summed E-state index contributed by atoms with van der Waals surface area (Å²) in [6.07, 6.45) is -1.17. The minimum atomic E-state index is -1.17. The number of methoxy groups -OCH3 is 2. The number of nitrogens with one attached hydrogen (secondary N) is 1. The van der Waals surface area contributed by atoms with E-state index in [0.717, 1.165) is 10.8 Å². The van der Waals surface area contributed by atoms with Crippen LogP contribution in [0, 0.1) is 0 Å². The molecule has 0 aliphatic rings. The molecular formula is C27H23NO5. The number of amides is 1. The van der Waals surface area contributed by atoms with E-state index in [1.54, 1.807) is 67.8 Å². The normalized spacial score (nSPS) is 11.5. The summed E-state index contributed by atoms with van der Waals surface area (Å²) < 4.78 is 16.4. The second kappa shape index (κ2) is 9.87. The van der Waals surface area contributed by atoms with Crippen LogP contribution in [-0.4, -0.2) is 26.1 Å². The first-order valence-corrected chi connectivity index (χ1v) is 10.4. The number of carbonyl (C=O) groups excluding carboxylic acids is 2. The molecular weight excluding hydrogens is 418 g/mol. The van der Waals surface area contributed by atoms with Gasteiger partial charge < -0.3 is 19.5 Å². The molecule has 6 heteroatoms. The van der Waals surface area contributed by atoms with Gasteiger partial charge in [-0.2, -0.15) is 0 Å². The number of anilines is 1. The number of carbonyl (C=O) groups is 2. The van der Waals surface area contributed by atoms with Gasteiger partial charge in [-0.05, 0) is 35.0 Å². The third-order valence-electron chi connectivity index (χ3n) is 5.19. The van der Waals surface area contributed by atoms with Crippen molar-refractivity contribution in [2.45, 2.75) is 6.10 Å². The van der Waals surface area contributed by atoms with Gasteiger partial charge in [0.05, 0.1) is 14.2 Å². The zero-order valence-corrected chi connectivity index (χ0v) is 18.3. The van der Waals surface area contributed by atoms with Crippen LogP contribution in [0.15, 0.2) is 91.0 Å². The molecule has 0 aromatic heterocycles. The lowest BCUT2D eigenvalue weighted by Gasteiger charge is -2.19. The molecule has 166 valence electrons. The Kier molecular flexibility index (Phi) is 6.55. The van der Waals surface area contributed by atoms with E-state index in [0.29, 0.717) is 22.7 Å². The number of fused-ring (bicyclic) bond motifs is 1. The van der Waals surface area contributed by atoms with Crippen molar-refractivity contribution in [1.29, 1.82) is 0 Å². The van der Waals surface area contributed by atoms with Crippen molar-refractivity contribution in [2.75, 3.05) is 19.5 Å². The fourth-order valence-electron chi connectivity index (χ4n) is 3.53. The van der Waals surface area contributed by atoms with E-state index in [1.165, 1.54) is 7.11 Å². The van der Waals surface area contributed by atoms with E-state index in [9.17, 15) is 9.59 Å². The van der Waals surface area contributed by atoms with E-state index < -0.39 is 18.0 Å². The molecule has 1 atom stereocenters. The summed E-state index contributed by atoms with van der Waals surface area (Å²) in [7, 11) is 3.04. The second-order valence-electron chi connectivity index (χ2n) is 7.32. The molecule has 0 fully saturated rings. The summed E-state index contributed by atoms with van der Waals surface area (Å²) in [4.78, 5) is 26.4. The van der Waals surface area contributed by atoms with Crippen LogP contribution < -0.4 is 14.8 Å².